The maximum absolute atomic E-state index is 13.8. The highest BCUT2D eigenvalue weighted by Crippen LogP contribution is 2.27. The van der Waals surface area contributed by atoms with Gasteiger partial charge in [0.1, 0.15) is 11.9 Å². The number of nitrogens with one attached hydrogen (secondary N) is 1. The number of nitriles is 1. The molecule has 1 heterocycles. The minimum absolute atomic E-state index is 0.0122. The highest BCUT2D eigenvalue weighted by atomic mass is 19.1. The summed E-state index contributed by atoms with van der Waals surface area (Å²) in [5.41, 5.74) is 2.52. The number of piperidine rings is 1. The van der Waals surface area contributed by atoms with Crippen LogP contribution < -0.4 is 10.2 Å². The van der Waals surface area contributed by atoms with E-state index in [1.54, 1.807) is 30.3 Å². The first-order valence-corrected chi connectivity index (χ1v) is 8.39. The molecule has 1 N–H and O–H groups in total. The second-order valence-corrected chi connectivity index (χ2v) is 6.29. The molecule has 0 aliphatic carbocycles. The normalized spacial score (nSPS) is 14.8. The molecule has 1 saturated heterocycles. The second kappa shape index (κ2) is 7.35. The van der Waals surface area contributed by atoms with Gasteiger partial charge in [0, 0.05) is 24.7 Å². The Labute approximate surface area is 146 Å². The van der Waals surface area contributed by atoms with Gasteiger partial charge in [-0.3, -0.25) is 4.79 Å². The van der Waals surface area contributed by atoms with Crippen molar-refractivity contribution in [2.45, 2.75) is 25.8 Å². The summed E-state index contributed by atoms with van der Waals surface area (Å²) in [7, 11) is 0. The number of benzene rings is 2. The number of ketones is 1. The fourth-order valence-electron chi connectivity index (χ4n) is 3.17. The summed E-state index contributed by atoms with van der Waals surface area (Å²) in [5, 5.41) is 12.6. The Bertz CT molecular complexity index is 820. The third kappa shape index (κ3) is 3.80. The molecule has 2 aromatic carbocycles. The van der Waals surface area contributed by atoms with Crippen molar-refractivity contribution in [3.05, 3.63) is 59.4 Å². The predicted molar refractivity (Wildman–Crippen MR) is 96.4 cm³/mol. The number of anilines is 2. The van der Waals surface area contributed by atoms with E-state index in [1.807, 2.05) is 6.07 Å². The van der Waals surface area contributed by atoms with Crippen LogP contribution in [-0.4, -0.2) is 24.9 Å². The number of hydrogen-bond acceptors (Lipinski definition) is 4. The van der Waals surface area contributed by atoms with Crippen LogP contribution in [0.2, 0.25) is 0 Å². The van der Waals surface area contributed by atoms with Crippen molar-refractivity contribution in [2.75, 3.05) is 23.3 Å². The largest absolute Gasteiger partial charge is 0.380 e. The molecule has 128 valence electrons. The molecule has 4 nitrogen and oxygen atoms in total. The number of hydrogen-bond donors (Lipinski definition) is 1. The molecule has 1 aliphatic rings. The van der Waals surface area contributed by atoms with Crippen LogP contribution in [0, 0.1) is 17.1 Å². The molecule has 25 heavy (non-hydrogen) atoms. The number of halogens is 1. The topological polar surface area (TPSA) is 56.1 Å². The van der Waals surface area contributed by atoms with Crippen molar-refractivity contribution in [1.82, 2.24) is 0 Å². The summed E-state index contributed by atoms with van der Waals surface area (Å²) < 4.78 is 13.8. The van der Waals surface area contributed by atoms with Crippen molar-refractivity contribution >= 4 is 17.2 Å². The number of carbonyl (C=O) groups is 1. The van der Waals surface area contributed by atoms with E-state index in [2.05, 4.69) is 16.3 Å². The van der Waals surface area contributed by atoms with Crippen molar-refractivity contribution in [2.24, 2.45) is 0 Å². The molecular formula is C20H20FN3O. The van der Waals surface area contributed by atoms with Gasteiger partial charge in [0.05, 0.1) is 16.9 Å². The van der Waals surface area contributed by atoms with Crippen LogP contribution in [0.1, 0.15) is 35.7 Å². The van der Waals surface area contributed by atoms with Crippen LogP contribution in [-0.2, 0) is 0 Å². The van der Waals surface area contributed by atoms with Gasteiger partial charge in [0.15, 0.2) is 5.78 Å². The van der Waals surface area contributed by atoms with E-state index in [1.165, 1.54) is 13.0 Å². The van der Waals surface area contributed by atoms with E-state index in [0.29, 0.717) is 16.8 Å². The zero-order valence-corrected chi connectivity index (χ0v) is 14.1. The molecular weight excluding hydrogens is 317 g/mol. The second-order valence-electron chi connectivity index (χ2n) is 6.29. The highest BCUT2D eigenvalue weighted by molar-refractivity contribution is 5.95. The zero-order chi connectivity index (χ0) is 17.8. The van der Waals surface area contributed by atoms with E-state index in [4.69, 9.17) is 0 Å². The molecule has 0 radical (unpaired) electrons. The lowest BCUT2D eigenvalue weighted by molar-refractivity contribution is 0.101. The van der Waals surface area contributed by atoms with Gasteiger partial charge in [0.25, 0.3) is 0 Å². The summed E-state index contributed by atoms with van der Waals surface area (Å²) in [5.74, 6) is -0.257. The van der Waals surface area contributed by atoms with E-state index < -0.39 is 0 Å². The van der Waals surface area contributed by atoms with E-state index >= 15 is 0 Å². The Morgan fingerprint density at radius 1 is 1.24 bits per heavy atom. The standard InChI is InChI=1S/C20H20FN3O/c1-14(25)15-6-7-16(13-22)20(12-15)24-10-8-17(9-11-24)23-19-5-3-2-4-18(19)21/h2-7,12,17,23H,8-11H2,1H3. The lowest BCUT2D eigenvalue weighted by Gasteiger charge is -2.35. The summed E-state index contributed by atoms with van der Waals surface area (Å²) in [4.78, 5) is 13.7. The van der Waals surface area contributed by atoms with Crippen molar-refractivity contribution in [3.8, 4) is 6.07 Å². The van der Waals surface area contributed by atoms with Gasteiger partial charge >= 0.3 is 0 Å². The maximum atomic E-state index is 13.8. The lowest BCUT2D eigenvalue weighted by atomic mass is 10.0. The van der Waals surface area contributed by atoms with Gasteiger partial charge in [-0.25, -0.2) is 4.39 Å². The Kier molecular flexibility index (Phi) is 4.99. The first-order valence-electron chi connectivity index (χ1n) is 8.39. The number of carbonyl (C=O) groups excluding carboxylic acids is 1. The summed E-state index contributed by atoms with van der Waals surface area (Å²) in [6, 6.07) is 14.3. The molecule has 0 aromatic heterocycles. The van der Waals surface area contributed by atoms with Gasteiger partial charge in [-0.15, -0.1) is 0 Å². The SMILES string of the molecule is CC(=O)c1ccc(C#N)c(N2CCC(Nc3ccccc3F)CC2)c1. The molecule has 5 heteroatoms. The highest BCUT2D eigenvalue weighted by Gasteiger charge is 2.22. The van der Waals surface area contributed by atoms with Gasteiger partial charge in [-0.05, 0) is 50.1 Å². The molecule has 0 saturated carbocycles. The molecule has 0 spiro atoms. The van der Waals surface area contributed by atoms with E-state index in [0.717, 1.165) is 31.6 Å². The van der Waals surface area contributed by atoms with Gasteiger partial charge in [-0.1, -0.05) is 12.1 Å². The maximum Gasteiger partial charge on any atom is 0.159 e. The Morgan fingerprint density at radius 3 is 2.60 bits per heavy atom. The Balaban J connectivity index is 1.70. The monoisotopic (exact) mass is 337 g/mol. The zero-order valence-electron chi connectivity index (χ0n) is 14.1. The average Bonchev–Trinajstić information content (AvgIpc) is 2.63. The van der Waals surface area contributed by atoms with Crippen LogP contribution in [0.3, 0.4) is 0 Å². The van der Waals surface area contributed by atoms with Crippen LogP contribution in [0.25, 0.3) is 0 Å². The average molecular weight is 337 g/mol. The minimum Gasteiger partial charge on any atom is -0.380 e. The van der Waals surface area contributed by atoms with E-state index in [9.17, 15) is 14.4 Å². The predicted octanol–water partition coefficient (Wildman–Crippen LogP) is 3.98. The number of rotatable bonds is 4. The quantitative estimate of drug-likeness (QED) is 0.858. The fourth-order valence-corrected chi connectivity index (χ4v) is 3.17. The molecule has 0 atom stereocenters. The van der Waals surface area contributed by atoms with Gasteiger partial charge in [0.2, 0.25) is 0 Å². The molecule has 3 rings (SSSR count). The Hall–Kier alpha value is -2.87. The van der Waals surface area contributed by atoms with Crippen molar-refractivity contribution in [3.63, 3.8) is 0 Å². The van der Waals surface area contributed by atoms with Gasteiger partial charge in [-0.2, -0.15) is 5.26 Å². The van der Waals surface area contributed by atoms with Crippen LogP contribution >= 0.6 is 0 Å². The minimum atomic E-state index is -0.245. The summed E-state index contributed by atoms with van der Waals surface area (Å²) in [6.45, 7) is 3.03. The molecule has 0 amide bonds. The van der Waals surface area contributed by atoms with E-state index in [-0.39, 0.29) is 17.6 Å². The number of Topliss-reactive ketones (excluding diaryl/α,β-unsaturated/α-hetero) is 1. The third-order valence-electron chi connectivity index (χ3n) is 4.59. The van der Waals surface area contributed by atoms with Crippen LogP contribution in [0.4, 0.5) is 15.8 Å². The van der Waals surface area contributed by atoms with Crippen LogP contribution in [0.5, 0.6) is 0 Å². The number of nitrogens with zero attached hydrogens (tertiary/aromatic N) is 2. The fraction of sp³-hybridized carbons (Fsp3) is 0.300. The molecule has 1 aliphatic heterocycles. The van der Waals surface area contributed by atoms with Crippen LogP contribution in [0.15, 0.2) is 42.5 Å². The Morgan fingerprint density at radius 2 is 1.96 bits per heavy atom. The summed E-state index contributed by atoms with van der Waals surface area (Å²) in [6.07, 6.45) is 1.67. The van der Waals surface area contributed by atoms with Gasteiger partial charge < -0.3 is 10.2 Å². The van der Waals surface area contributed by atoms with Crippen molar-refractivity contribution in [1.29, 1.82) is 5.26 Å². The molecule has 1 fully saturated rings. The first kappa shape index (κ1) is 17.0. The third-order valence-corrected chi connectivity index (χ3v) is 4.59. The first-order chi connectivity index (χ1) is 12.1. The molecule has 2 aromatic rings. The number of para-hydroxylation sites is 1. The smallest absolute Gasteiger partial charge is 0.159 e. The summed E-state index contributed by atoms with van der Waals surface area (Å²) >= 11 is 0. The molecule has 0 unspecified atom stereocenters. The molecule has 0 bridgehead atoms. The van der Waals surface area contributed by atoms with Crippen molar-refractivity contribution < 1.29 is 9.18 Å². The lowest BCUT2D eigenvalue weighted by Crippen LogP contribution is -2.39.